The van der Waals surface area contributed by atoms with Gasteiger partial charge in [-0.25, -0.2) is 8.42 Å². The minimum atomic E-state index is -4.27. The molecule has 0 saturated carbocycles. The van der Waals surface area contributed by atoms with Crippen LogP contribution in [-0.2, 0) is 34.0 Å². The Morgan fingerprint density at radius 2 is 1.80 bits per heavy atom. The summed E-state index contributed by atoms with van der Waals surface area (Å²) in [5.74, 6) is 0. The Morgan fingerprint density at radius 1 is 1.20 bits per heavy atom. The van der Waals surface area contributed by atoms with Gasteiger partial charge in [-0.1, -0.05) is 6.07 Å². The molecule has 0 aromatic heterocycles. The maximum absolute atomic E-state index is 10.9. The third-order valence-electron chi connectivity index (χ3n) is 2.96. The average molecular weight is 305 g/mol. The van der Waals surface area contributed by atoms with E-state index in [0.29, 0.717) is 6.42 Å². The molecule has 0 radical (unpaired) electrons. The fourth-order valence-corrected chi connectivity index (χ4v) is 3.26. The van der Waals surface area contributed by atoms with Gasteiger partial charge in [-0.15, -0.1) is 0 Å². The summed E-state index contributed by atoms with van der Waals surface area (Å²) in [5, 5.41) is -0.890. The van der Waals surface area contributed by atoms with E-state index < -0.39 is 26.4 Å². The average Bonchev–Trinajstić information content (AvgIpc) is 2.26. The van der Waals surface area contributed by atoms with Crippen LogP contribution in [0.2, 0.25) is 0 Å². The minimum absolute atomic E-state index is 0. The van der Waals surface area contributed by atoms with Crippen LogP contribution in [0.3, 0.4) is 0 Å². The molecule has 6 nitrogen and oxygen atoms in total. The largest absolute Gasteiger partial charge is 1.00 e. The van der Waals surface area contributed by atoms with Crippen molar-refractivity contribution in [2.45, 2.75) is 29.4 Å². The Kier molecular flexibility index (Phi) is 9.91. The van der Waals surface area contributed by atoms with Gasteiger partial charge in [0.25, 0.3) is 0 Å². The molecule has 20 heavy (non-hydrogen) atoms. The first kappa shape index (κ1) is 22.7. The Bertz CT molecular complexity index is 575. The molecule has 0 saturated heterocycles. The first-order chi connectivity index (χ1) is 7.88. The Balaban J connectivity index is 0. The number of fused-ring (bicyclic) bond motifs is 1. The van der Waals surface area contributed by atoms with Crippen molar-refractivity contribution in [3.8, 4) is 0 Å². The SMILES string of the molecule is O=S([O-])c1ccc2c(c1)CCC(S(=O)(=O)[O-])C2.[Li+].[Li+].[OH-]. The zero-order valence-corrected chi connectivity index (χ0v) is 12.9. The molecule has 102 valence electrons. The van der Waals surface area contributed by atoms with Crippen molar-refractivity contribution >= 4 is 21.2 Å². The summed E-state index contributed by atoms with van der Waals surface area (Å²) in [6.45, 7) is 0. The standard InChI is InChI=1S/C10H12O5S2.2Li.H2O/c11-16(12)9-3-1-8-6-10(17(13,14)15)4-2-7(8)5-9;;;/h1,3,5,10H,2,4,6H2,(H,11,12)(H,13,14,15);;;1H2/q;2*+1;/p-3. The van der Waals surface area contributed by atoms with E-state index in [1.807, 2.05) is 0 Å². The first-order valence-corrected chi connectivity index (χ1v) is 7.58. The predicted octanol–water partition coefficient (Wildman–Crippen LogP) is -5.84. The van der Waals surface area contributed by atoms with Gasteiger partial charge in [0.05, 0.1) is 15.4 Å². The van der Waals surface area contributed by atoms with Crippen LogP contribution >= 0.6 is 0 Å². The topological polar surface area (TPSA) is 127 Å². The van der Waals surface area contributed by atoms with Crippen molar-refractivity contribution in [2.24, 2.45) is 0 Å². The van der Waals surface area contributed by atoms with E-state index in [9.17, 15) is 21.7 Å². The fourth-order valence-electron chi connectivity index (χ4n) is 2.05. The van der Waals surface area contributed by atoms with E-state index in [0.717, 1.165) is 11.1 Å². The van der Waals surface area contributed by atoms with Crippen molar-refractivity contribution in [1.82, 2.24) is 0 Å². The maximum atomic E-state index is 10.9. The summed E-state index contributed by atoms with van der Waals surface area (Å²) >= 11 is -2.28. The molecular formula is C10H11Li2O6S2-. The Morgan fingerprint density at radius 3 is 2.30 bits per heavy atom. The van der Waals surface area contributed by atoms with E-state index in [1.54, 1.807) is 6.07 Å². The van der Waals surface area contributed by atoms with E-state index in [2.05, 4.69) is 0 Å². The predicted molar refractivity (Wildman–Crippen MR) is 61.1 cm³/mol. The molecule has 1 aliphatic rings. The van der Waals surface area contributed by atoms with Gasteiger partial charge in [-0.2, -0.15) is 0 Å². The van der Waals surface area contributed by atoms with Crippen LogP contribution < -0.4 is 37.7 Å². The zero-order valence-electron chi connectivity index (χ0n) is 11.2. The quantitative estimate of drug-likeness (QED) is 0.304. The van der Waals surface area contributed by atoms with Crippen molar-refractivity contribution in [2.75, 3.05) is 0 Å². The summed E-state index contributed by atoms with van der Waals surface area (Å²) in [5.41, 5.74) is 1.56. The van der Waals surface area contributed by atoms with Crippen molar-refractivity contribution in [3.05, 3.63) is 29.3 Å². The molecule has 2 atom stereocenters. The smallest absolute Gasteiger partial charge is 0.870 e. The van der Waals surface area contributed by atoms with Crippen LogP contribution in [0.1, 0.15) is 17.5 Å². The van der Waals surface area contributed by atoms with Gasteiger partial charge in [0.2, 0.25) is 0 Å². The monoisotopic (exact) mass is 305 g/mol. The molecule has 0 amide bonds. The second-order valence-corrected chi connectivity index (χ2v) is 6.62. The van der Waals surface area contributed by atoms with Crippen LogP contribution in [0.15, 0.2) is 23.1 Å². The summed E-state index contributed by atoms with van der Waals surface area (Å²) in [6.07, 6.45) is 0.854. The third-order valence-corrected chi connectivity index (χ3v) is 4.82. The molecule has 1 aromatic carbocycles. The van der Waals surface area contributed by atoms with Crippen LogP contribution in [0.25, 0.3) is 0 Å². The molecule has 0 fully saturated rings. The molecule has 0 heterocycles. The van der Waals surface area contributed by atoms with Gasteiger partial charge in [-0.3, -0.25) is 4.21 Å². The second kappa shape index (κ2) is 8.74. The summed E-state index contributed by atoms with van der Waals surface area (Å²) in [4.78, 5) is 0.187. The number of hydrogen-bond donors (Lipinski definition) is 0. The van der Waals surface area contributed by atoms with Crippen molar-refractivity contribution < 1.29 is 64.9 Å². The molecule has 1 aliphatic carbocycles. The Labute approximate surface area is 144 Å². The van der Waals surface area contributed by atoms with Gasteiger partial charge in [0, 0.05) is 4.90 Å². The van der Waals surface area contributed by atoms with Crippen molar-refractivity contribution in [3.63, 3.8) is 0 Å². The molecule has 0 aliphatic heterocycles. The van der Waals surface area contributed by atoms with Gasteiger partial charge in [0.1, 0.15) is 0 Å². The summed E-state index contributed by atoms with van der Waals surface area (Å²) in [7, 11) is -4.27. The van der Waals surface area contributed by atoms with Gasteiger partial charge < -0.3 is 14.6 Å². The maximum Gasteiger partial charge on any atom is 1.00 e. The van der Waals surface area contributed by atoms with Gasteiger partial charge >= 0.3 is 37.7 Å². The van der Waals surface area contributed by atoms with Gasteiger partial charge in [0.15, 0.2) is 0 Å². The second-order valence-electron chi connectivity index (χ2n) is 4.02. The summed E-state index contributed by atoms with van der Waals surface area (Å²) in [6, 6.07) is 4.53. The van der Waals surface area contributed by atoms with Crippen molar-refractivity contribution in [1.29, 1.82) is 0 Å². The molecule has 1 N–H and O–H groups in total. The number of rotatable bonds is 2. The van der Waals surface area contributed by atoms with E-state index in [4.69, 9.17) is 0 Å². The zero-order chi connectivity index (χ0) is 12.6. The first-order valence-electron chi connectivity index (χ1n) is 5.03. The molecule has 0 spiro atoms. The molecule has 2 rings (SSSR count). The number of aryl methyl sites for hydroxylation is 1. The molecule has 0 bridgehead atoms. The minimum Gasteiger partial charge on any atom is -0.870 e. The van der Waals surface area contributed by atoms with Gasteiger partial charge in [-0.05, 0) is 53.6 Å². The van der Waals surface area contributed by atoms with E-state index >= 15 is 0 Å². The number of hydrogen-bond acceptors (Lipinski definition) is 6. The van der Waals surface area contributed by atoms with E-state index in [1.165, 1.54) is 12.1 Å². The normalized spacial score (nSPS) is 18.6. The Hall–Kier alpha value is 0.395. The van der Waals surface area contributed by atoms with Crippen LogP contribution in [0.4, 0.5) is 0 Å². The molecule has 1 aromatic rings. The fraction of sp³-hybridized carbons (Fsp3) is 0.400. The summed E-state index contributed by atoms with van der Waals surface area (Å²) < 4.78 is 54.3. The van der Waals surface area contributed by atoms with Crippen LogP contribution in [0.5, 0.6) is 0 Å². The molecule has 10 heteroatoms. The van der Waals surface area contributed by atoms with Crippen LogP contribution in [0, 0.1) is 0 Å². The molecule has 2 unspecified atom stereocenters. The van der Waals surface area contributed by atoms with Crippen LogP contribution in [-0.4, -0.2) is 32.5 Å². The van der Waals surface area contributed by atoms with E-state index in [-0.39, 0.29) is 60.9 Å². The third kappa shape index (κ3) is 5.30. The molecular weight excluding hydrogens is 294 g/mol. The number of benzene rings is 1.